The number of likely N-dealkylation sites (tertiary alicyclic amines) is 2. The zero-order valence-electron chi connectivity index (χ0n) is 31.8. The van der Waals surface area contributed by atoms with Gasteiger partial charge in [-0.2, -0.15) is 0 Å². The van der Waals surface area contributed by atoms with E-state index in [1.54, 1.807) is 12.0 Å². The molecule has 2 N–H and O–H groups in total. The number of ether oxygens (including phenoxy) is 2. The van der Waals surface area contributed by atoms with Gasteiger partial charge >= 0.3 is 5.97 Å². The molecule has 0 amide bonds. The van der Waals surface area contributed by atoms with Gasteiger partial charge in [0.25, 0.3) is 11.8 Å². The lowest BCUT2D eigenvalue weighted by molar-refractivity contribution is -0.137. The number of rotatable bonds is 16. The minimum atomic E-state index is -2.92. The number of carboxylic acids is 1. The van der Waals surface area contributed by atoms with Crippen LogP contribution in [0.5, 0.6) is 5.75 Å². The molecule has 2 saturated heterocycles. The molecule has 53 heavy (non-hydrogen) atoms. The third-order valence-electron chi connectivity index (χ3n) is 10.5. The van der Waals surface area contributed by atoms with Crippen LogP contribution in [0, 0.1) is 5.41 Å². The predicted molar refractivity (Wildman–Crippen MR) is 204 cm³/mol. The lowest BCUT2D eigenvalue weighted by Gasteiger charge is -2.46. The molecule has 2 aliphatic heterocycles. The van der Waals surface area contributed by atoms with Gasteiger partial charge in [-0.1, -0.05) is 61.5 Å². The van der Waals surface area contributed by atoms with Crippen molar-refractivity contribution < 1.29 is 36.9 Å². The van der Waals surface area contributed by atoms with Gasteiger partial charge in [-0.3, -0.25) is 9.69 Å². The Morgan fingerprint density at radius 3 is 2.23 bits per heavy atom. The quantitative estimate of drug-likeness (QED) is 0.112. The molecule has 2 heterocycles. The molecule has 0 bridgehead atoms. The molecule has 0 aliphatic carbocycles. The number of methoxy groups -OCH3 is 1. The van der Waals surface area contributed by atoms with E-state index in [1.165, 1.54) is 32.4 Å². The van der Waals surface area contributed by atoms with Gasteiger partial charge < -0.3 is 24.8 Å². The monoisotopic (exact) mass is 743 g/mol. The van der Waals surface area contributed by atoms with Crippen LogP contribution in [-0.4, -0.2) is 92.3 Å². The summed E-state index contributed by atoms with van der Waals surface area (Å²) in [7, 11) is 1.70. The number of allylic oxidation sites excluding steroid dienone is 1. The standard InChI is InChI=1S/C28H33NO4.C14H24F4N2/c1-32-27-19-21(20-33-18-17-29-15-3-2-4-16-29)11-13-26(27)25-10-6-8-23-22(12-14-28(30)31)7-5-9-24(23)25;1-5-19-11(2)14(13(4,17)18)6-8-20(9-7-14)10-12(3,15)16/h5-11,13,19H,2-4,12,14-18,20H2,1H3,(H,30,31);19H,2,5-10H2,1,3-4H3. The second kappa shape index (κ2) is 19.1. The third-order valence-corrected chi connectivity index (χ3v) is 10.5. The maximum Gasteiger partial charge on any atom is 0.303 e. The number of nitrogens with one attached hydrogen (secondary N) is 1. The fourth-order valence-electron chi connectivity index (χ4n) is 7.56. The van der Waals surface area contributed by atoms with Crippen LogP contribution in [0.15, 0.2) is 66.9 Å². The van der Waals surface area contributed by atoms with Crippen LogP contribution in [0.25, 0.3) is 21.9 Å². The number of carbonyl (C=O) groups is 1. The van der Waals surface area contributed by atoms with E-state index < -0.39 is 23.2 Å². The Labute approximate surface area is 312 Å². The van der Waals surface area contributed by atoms with Crippen molar-refractivity contribution in [3.63, 3.8) is 0 Å². The van der Waals surface area contributed by atoms with Crippen molar-refractivity contribution in [2.24, 2.45) is 5.41 Å². The van der Waals surface area contributed by atoms with E-state index in [1.807, 2.05) is 25.1 Å². The molecule has 2 fully saturated rings. The van der Waals surface area contributed by atoms with E-state index in [4.69, 9.17) is 14.6 Å². The SMILES string of the molecule is C=C(NCC)C1(C(C)(F)F)CCN(CC(C)(F)F)CC1.COc1cc(COCCN2CCCCC2)ccc1-c1cccc2c(CCC(=O)O)cccc12. The highest BCUT2D eigenvalue weighted by molar-refractivity contribution is 5.99. The minimum Gasteiger partial charge on any atom is -0.496 e. The summed E-state index contributed by atoms with van der Waals surface area (Å²) in [6, 6.07) is 18.5. The van der Waals surface area contributed by atoms with Crippen LogP contribution in [0.3, 0.4) is 0 Å². The van der Waals surface area contributed by atoms with Gasteiger partial charge in [0.05, 0.1) is 32.3 Å². The topological polar surface area (TPSA) is 74.3 Å². The first-order valence-electron chi connectivity index (χ1n) is 18.8. The molecule has 0 unspecified atom stereocenters. The Morgan fingerprint density at radius 2 is 1.60 bits per heavy atom. The molecule has 7 nitrogen and oxygen atoms in total. The number of carboxylic acid groups (broad SMARTS) is 1. The van der Waals surface area contributed by atoms with E-state index >= 15 is 0 Å². The maximum absolute atomic E-state index is 14.0. The Balaban J connectivity index is 0.000000269. The van der Waals surface area contributed by atoms with Crippen LogP contribution in [0.2, 0.25) is 0 Å². The number of piperidine rings is 2. The zero-order valence-corrected chi connectivity index (χ0v) is 31.8. The number of hydrogen-bond acceptors (Lipinski definition) is 6. The number of fused-ring (bicyclic) bond motifs is 1. The number of benzene rings is 3. The van der Waals surface area contributed by atoms with Gasteiger partial charge in [-0.25, -0.2) is 17.6 Å². The smallest absolute Gasteiger partial charge is 0.303 e. The molecule has 2 aliphatic rings. The molecule has 0 saturated carbocycles. The number of nitrogens with zero attached hydrogens (tertiary/aromatic N) is 2. The van der Waals surface area contributed by atoms with E-state index in [0.29, 0.717) is 25.3 Å². The second-order valence-corrected chi connectivity index (χ2v) is 14.5. The highest BCUT2D eigenvalue weighted by atomic mass is 19.3. The van der Waals surface area contributed by atoms with Crippen molar-refractivity contribution in [1.82, 2.24) is 15.1 Å². The molecular weight excluding hydrogens is 686 g/mol. The molecule has 5 rings (SSSR count). The summed E-state index contributed by atoms with van der Waals surface area (Å²) in [6.45, 7) is 12.6. The van der Waals surface area contributed by atoms with Gasteiger partial charge in [0.2, 0.25) is 0 Å². The van der Waals surface area contributed by atoms with Crippen LogP contribution in [0.4, 0.5) is 17.6 Å². The lowest BCUT2D eigenvalue weighted by Crippen LogP contribution is -2.53. The number of hydrogen-bond donors (Lipinski definition) is 2. The summed E-state index contributed by atoms with van der Waals surface area (Å²) in [5.74, 6) is -5.69. The largest absolute Gasteiger partial charge is 0.496 e. The minimum absolute atomic E-state index is 0.124. The van der Waals surface area contributed by atoms with Gasteiger partial charge in [0.15, 0.2) is 0 Å². The van der Waals surface area contributed by atoms with Crippen molar-refractivity contribution >= 4 is 16.7 Å². The molecule has 11 heteroatoms. The van der Waals surface area contributed by atoms with Crippen LogP contribution >= 0.6 is 0 Å². The van der Waals surface area contributed by atoms with E-state index in [0.717, 1.165) is 65.8 Å². The van der Waals surface area contributed by atoms with Gasteiger partial charge in [0.1, 0.15) is 5.75 Å². The van der Waals surface area contributed by atoms with Gasteiger partial charge in [-0.05, 0) is 98.7 Å². The van der Waals surface area contributed by atoms with E-state index in [2.05, 4.69) is 53.2 Å². The molecule has 0 atom stereocenters. The van der Waals surface area contributed by atoms with E-state index in [9.17, 15) is 22.4 Å². The number of aryl methyl sites for hydroxylation is 1. The molecule has 0 radical (unpaired) electrons. The fraction of sp³-hybridized carbons (Fsp3) is 0.548. The Bertz CT molecular complexity index is 1640. The molecule has 3 aromatic rings. The number of halogens is 4. The number of alkyl halides is 4. The molecule has 0 spiro atoms. The summed E-state index contributed by atoms with van der Waals surface area (Å²) < 4.78 is 65.8. The molecule has 292 valence electrons. The second-order valence-electron chi connectivity index (χ2n) is 14.5. The first kappa shape index (κ1) is 42.1. The normalized spacial score (nSPS) is 16.8. The highest BCUT2D eigenvalue weighted by Gasteiger charge is 2.53. The summed E-state index contributed by atoms with van der Waals surface area (Å²) in [5.41, 5.74) is 3.22. The van der Waals surface area contributed by atoms with Gasteiger partial charge in [-0.15, -0.1) is 0 Å². The summed E-state index contributed by atoms with van der Waals surface area (Å²) in [6.07, 6.45) is 4.86. The average molecular weight is 744 g/mol. The Morgan fingerprint density at radius 1 is 0.925 bits per heavy atom. The van der Waals surface area contributed by atoms with Crippen LogP contribution in [0.1, 0.15) is 70.4 Å². The van der Waals surface area contributed by atoms with Gasteiger partial charge in [0, 0.05) is 44.6 Å². The third kappa shape index (κ3) is 11.7. The van der Waals surface area contributed by atoms with Crippen LogP contribution in [-0.2, 0) is 22.6 Å². The number of aliphatic carboxylic acids is 1. The van der Waals surface area contributed by atoms with Crippen LogP contribution < -0.4 is 10.1 Å². The maximum atomic E-state index is 14.0. The Kier molecular flexibility index (Phi) is 15.1. The van der Waals surface area contributed by atoms with E-state index in [-0.39, 0.29) is 38.9 Å². The average Bonchev–Trinajstić information content (AvgIpc) is 3.12. The van der Waals surface area contributed by atoms with Crippen molar-refractivity contribution in [2.45, 2.75) is 84.2 Å². The van der Waals surface area contributed by atoms with Crippen molar-refractivity contribution in [3.8, 4) is 16.9 Å². The molecule has 0 aromatic heterocycles. The summed E-state index contributed by atoms with van der Waals surface area (Å²) in [4.78, 5) is 15.1. The molecular formula is C42H57F4N3O4. The first-order chi connectivity index (χ1) is 25.2. The Hall–Kier alpha value is -3.67. The van der Waals surface area contributed by atoms with Crippen molar-refractivity contribution in [1.29, 1.82) is 0 Å². The van der Waals surface area contributed by atoms with Crippen molar-refractivity contribution in [2.75, 3.05) is 59.5 Å². The lowest BCUT2D eigenvalue weighted by atomic mass is 9.71. The predicted octanol–water partition coefficient (Wildman–Crippen LogP) is 9.04. The summed E-state index contributed by atoms with van der Waals surface area (Å²) in [5, 5.41) is 14.2. The first-order valence-corrected chi connectivity index (χ1v) is 18.8. The summed E-state index contributed by atoms with van der Waals surface area (Å²) >= 11 is 0. The highest BCUT2D eigenvalue weighted by Crippen LogP contribution is 2.49. The fourth-order valence-corrected chi connectivity index (χ4v) is 7.56. The van der Waals surface area contributed by atoms with Crippen molar-refractivity contribution in [3.05, 3.63) is 78.0 Å². The zero-order chi connectivity index (χ0) is 38.6. The molecule has 3 aromatic carbocycles.